The Kier molecular flexibility index (Phi) is 5.01. The molecule has 3 N–H and O–H groups in total. The predicted molar refractivity (Wildman–Crippen MR) is 86.2 cm³/mol. The van der Waals surface area contributed by atoms with Crippen LogP contribution < -0.4 is 10.6 Å². The van der Waals surface area contributed by atoms with Gasteiger partial charge in [0.15, 0.2) is 0 Å². The minimum absolute atomic E-state index is 0.183. The van der Waals surface area contributed by atoms with Crippen LogP contribution in [0.15, 0.2) is 28.7 Å². The molecule has 0 spiro atoms. The Hall–Kier alpha value is -1.82. The van der Waals surface area contributed by atoms with Gasteiger partial charge in [-0.3, -0.25) is 9.59 Å². The molecule has 0 bridgehead atoms. The Morgan fingerprint density at radius 2 is 2.05 bits per heavy atom. The largest absolute Gasteiger partial charge is 0.354 e. The number of rotatable bonds is 5. The van der Waals surface area contributed by atoms with Crippen LogP contribution in [0, 0.1) is 0 Å². The molecule has 0 aliphatic rings. The van der Waals surface area contributed by atoms with Gasteiger partial charge < -0.3 is 15.6 Å². The molecule has 21 heavy (non-hydrogen) atoms. The minimum Gasteiger partial charge on any atom is -0.354 e. The number of amides is 2. The van der Waals surface area contributed by atoms with Crippen molar-refractivity contribution in [2.45, 2.75) is 26.3 Å². The van der Waals surface area contributed by atoms with E-state index in [1.54, 1.807) is 6.92 Å². The maximum Gasteiger partial charge on any atom is 0.269 e. The number of H-pyrrole nitrogens is 1. The summed E-state index contributed by atoms with van der Waals surface area (Å²) in [7, 11) is 0. The molecule has 112 valence electrons. The summed E-state index contributed by atoms with van der Waals surface area (Å²) < 4.78 is 0.705. The number of hydrogen-bond acceptors (Lipinski definition) is 2. The predicted octanol–water partition coefficient (Wildman–Crippen LogP) is 2.57. The normalized spacial score (nSPS) is 12.1. The first-order valence-electron chi connectivity index (χ1n) is 6.89. The molecule has 1 aromatic heterocycles. The van der Waals surface area contributed by atoms with Crippen molar-refractivity contribution in [1.82, 2.24) is 15.6 Å². The van der Waals surface area contributed by atoms with Gasteiger partial charge in [0.05, 0.1) is 4.47 Å². The molecule has 0 aliphatic heterocycles. The highest BCUT2D eigenvalue weighted by Gasteiger charge is 2.20. The number of halogens is 1. The van der Waals surface area contributed by atoms with E-state index in [1.165, 1.54) is 0 Å². The fourth-order valence-corrected chi connectivity index (χ4v) is 2.62. The van der Waals surface area contributed by atoms with E-state index in [-0.39, 0.29) is 11.8 Å². The van der Waals surface area contributed by atoms with Gasteiger partial charge in [-0.1, -0.05) is 25.1 Å². The Morgan fingerprint density at radius 3 is 2.71 bits per heavy atom. The number of aromatic amines is 1. The summed E-state index contributed by atoms with van der Waals surface area (Å²) in [6.07, 6.45) is 0.861. The fourth-order valence-electron chi connectivity index (χ4n) is 2.00. The van der Waals surface area contributed by atoms with Crippen LogP contribution in [0.3, 0.4) is 0 Å². The third kappa shape index (κ3) is 3.44. The van der Waals surface area contributed by atoms with Gasteiger partial charge in [-0.05, 0) is 35.3 Å². The molecule has 2 rings (SSSR count). The molecule has 0 unspecified atom stereocenters. The lowest BCUT2D eigenvalue weighted by Gasteiger charge is -2.13. The Balaban J connectivity index is 2.12. The van der Waals surface area contributed by atoms with Crippen molar-refractivity contribution >= 4 is 38.6 Å². The molecule has 0 saturated carbocycles. The fraction of sp³-hybridized carbons (Fsp3) is 0.333. The summed E-state index contributed by atoms with van der Waals surface area (Å²) in [5, 5.41) is 6.38. The molecule has 1 aromatic carbocycles. The smallest absolute Gasteiger partial charge is 0.269 e. The molecule has 0 fully saturated rings. The third-order valence-corrected chi connectivity index (χ3v) is 3.98. The number of carbonyl (C=O) groups is 2. The van der Waals surface area contributed by atoms with Gasteiger partial charge in [-0.15, -0.1) is 0 Å². The van der Waals surface area contributed by atoms with Crippen LogP contribution in [-0.2, 0) is 4.79 Å². The Bertz CT molecular complexity index is 666. The molecule has 1 atom stereocenters. The Labute approximate surface area is 131 Å². The number of nitrogens with one attached hydrogen (secondary N) is 3. The average Bonchev–Trinajstić information content (AvgIpc) is 2.82. The van der Waals surface area contributed by atoms with Crippen molar-refractivity contribution in [3.05, 3.63) is 34.4 Å². The molecule has 2 aromatic rings. The van der Waals surface area contributed by atoms with E-state index in [4.69, 9.17) is 0 Å². The van der Waals surface area contributed by atoms with Crippen molar-refractivity contribution in [2.75, 3.05) is 6.54 Å². The second-order valence-electron chi connectivity index (χ2n) is 4.85. The summed E-state index contributed by atoms with van der Waals surface area (Å²) in [6.45, 7) is 4.25. The number of hydrogen-bond donors (Lipinski definition) is 3. The van der Waals surface area contributed by atoms with Crippen LogP contribution in [0.2, 0.25) is 0 Å². The highest BCUT2D eigenvalue weighted by atomic mass is 79.9. The number of fused-ring (bicyclic) bond motifs is 1. The monoisotopic (exact) mass is 351 g/mol. The zero-order valence-corrected chi connectivity index (χ0v) is 13.6. The van der Waals surface area contributed by atoms with E-state index >= 15 is 0 Å². The van der Waals surface area contributed by atoms with E-state index in [2.05, 4.69) is 31.5 Å². The van der Waals surface area contributed by atoms with Gasteiger partial charge in [-0.25, -0.2) is 0 Å². The number of carbonyl (C=O) groups excluding carboxylic acids is 2. The summed E-state index contributed by atoms with van der Waals surface area (Å²) in [5.41, 5.74) is 1.30. The molecule has 0 aliphatic carbocycles. The molecule has 5 nitrogen and oxygen atoms in total. The first kappa shape index (κ1) is 15.6. The molecule has 0 saturated heterocycles. The average molecular weight is 352 g/mol. The first-order chi connectivity index (χ1) is 10.0. The number of benzene rings is 1. The van der Waals surface area contributed by atoms with Crippen LogP contribution in [0.5, 0.6) is 0 Å². The van der Waals surface area contributed by atoms with Crippen LogP contribution in [-0.4, -0.2) is 29.4 Å². The Morgan fingerprint density at radius 1 is 1.33 bits per heavy atom. The summed E-state index contributed by atoms with van der Waals surface area (Å²) in [4.78, 5) is 27.1. The van der Waals surface area contributed by atoms with Gasteiger partial charge in [0.2, 0.25) is 5.91 Å². The summed E-state index contributed by atoms with van der Waals surface area (Å²) in [5.74, 6) is -0.491. The summed E-state index contributed by atoms with van der Waals surface area (Å²) >= 11 is 3.43. The van der Waals surface area contributed by atoms with Crippen molar-refractivity contribution in [3.8, 4) is 0 Å². The highest BCUT2D eigenvalue weighted by Crippen LogP contribution is 2.27. The third-order valence-electron chi connectivity index (χ3n) is 3.16. The van der Waals surface area contributed by atoms with Crippen molar-refractivity contribution in [2.24, 2.45) is 0 Å². The van der Waals surface area contributed by atoms with Crippen LogP contribution in [0.4, 0.5) is 0 Å². The standard InChI is InChI=1S/C15H18BrN3O2/c1-3-8-17-14(20)9(2)18-15(21)13-12(16)10-6-4-5-7-11(10)19-13/h4-7,9,19H,3,8H2,1-2H3,(H,17,20)(H,18,21)/t9-/m1/s1. The quantitative estimate of drug-likeness (QED) is 0.774. The second-order valence-corrected chi connectivity index (χ2v) is 5.64. The maximum atomic E-state index is 12.3. The van der Waals surface area contributed by atoms with Gasteiger partial charge in [-0.2, -0.15) is 0 Å². The zero-order valence-electron chi connectivity index (χ0n) is 12.0. The van der Waals surface area contributed by atoms with Gasteiger partial charge in [0.1, 0.15) is 11.7 Å². The van der Waals surface area contributed by atoms with E-state index in [9.17, 15) is 9.59 Å². The lowest BCUT2D eigenvalue weighted by atomic mass is 10.2. The van der Waals surface area contributed by atoms with E-state index in [1.807, 2.05) is 31.2 Å². The number of aromatic nitrogens is 1. The van der Waals surface area contributed by atoms with Crippen molar-refractivity contribution in [3.63, 3.8) is 0 Å². The van der Waals surface area contributed by atoms with Crippen LogP contribution >= 0.6 is 15.9 Å². The second kappa shape index (κ2) is 6.76. The minimum atomic E-state index is -0.581. The molecule has 6 heteroatoms. The van der Waals surface area contributed by atoms with Gasteiger partial charge in [0, 0.05) is 17.4 Å². The molecule has 2 amide bonds. The van der Waals surface area contributed by atoms with Crippen molar-refractivity contribution < 1.29 is 9.59 Å². The van der Waals surface area contributed by atoms with E-state index < -0.39 is 6.04 Å². The molecular weight excluding hydrogens is 334 g/mol. The highest BCUT2D eigenvalue weighted by molar-refractivity contribution is 9.10. The molecule has 0 radical (unpaired) electrons. The van der Waals surface area contributed by atoms with E-state index in [0.29, 0.717) is 16.7 Å². The topological polar surface area (TPSA) is 74.0 Å². The molecular formula is C15H18BrN3O2. The lowest BCUT2D eigenvalue weighted by molar-refractivity contribution is -0.122. The van der Waals surface area contributed by atoms with Crippen molar-refractivity contribution in [1.29, 1.82) is 0 Å². The summed E-state index contributed by atoms with van der Waals surface area (Å²) in [6, 6.07) is 7.04. The van der Waals surface area contributed by atoms with Gasteiger partial charge in [0.25, 0.3) is 5.91 Å². The molecule has 1 heterocycles. The van der Waals surface area contributed by atoms with Crippen LogP contribution in [0.25, 0.3) is 10.9 Å². The SMILES string of the molecule is CCCNC(=O)[C@@H](C)NC(=O)c1[nH]c2ccccc2c1Br. The first-order valence-corrected chi connectivity index (χ1v) is 7.68. The lowest BCUT2D eigenvalue weighted by Crippen LogP contribution is -2.45. The number of para-hydroxylation sites is 1. The maximum absolute atomic E-state index is 12.3. The van der Waals surface area contributed by atoms with Crippen LogP contribution in [0.1, 0.15) is 30.8 Å². The van der Waals surface area contributed by atoms with E-state index in [0.717, 1.165) is 17.3 Å². The zero-order chi connectivity index (χ0) is 15.4. The van der Waals surface area contributed by atoms with Gasteiger partial charge >= 0.3 is 0 Å².